The fourth-order valence-corrected chi connectivity index (χ4v) is 2.44. The zero-order chi connectivity index (χ0) is 16.7. The number of amides is 3. The van der Waals surface area contributed by atoms with E-state index in [-0.39, 0.29) is 34.0 Å². The van der Waals surface area contributed by atoms with Crippen molar-refractivity contribution in [3.63, 3.8) is 0 Å². The lowest BCUT2D eigenvalue weighted by Crippen LogP contribution is -2.24. The van der Waals surface area contributed by atoms with Crippen molar-refractivity contribution in [1.29, 1.82) is 0 Å². The number of carbonyl (C=O) groups is 3. The SMILES string of the molecule is Cc1ccc(NC(=O)c2ccc3c(c2)C(=O)N(C)C3=O)c(O)c1. The molecule has 6 heteroatoms. The molecule has 0 fully saturated rings. The van der Waals surface area contributed by atoms with Crippen LogP contribution in [0.4, 0.5) is 5.69 Å². The molecule has 1 heterocycles. The Labute approximate surface area is 132 Å². The van der Waals surface area contributed by atoms with Crippen LogP contribution in [0.25, 0.3) is 0 Å². The van der Waals surface area contributed by atoms with Gasteiger partial charge in [-0.2, -0.15) is 0 Å². The topological polar surface area (TPSA) is 86.7 Å². The third kappa shape index (κ3) is 2.44. The molecular formula is C17H14N2O4. The van der Waals surface area contributed by atoms with E-state index in [2.05, 4.69) is 5.32 Å². The van der Waals surface area contributed by atoms with Gasteiger partial charge in [0, 0.05) is 12.6 Å². The van der Waals surface area contributed by atoms with E-state index in [9.17, 15) is 19.5 Å². The second-order valence-electron chi connectivity index (χ2n) is 5.40. The number of phenolic OH excluding ortho intramolecular Hbond substituents is 1. The molecule has 0 bridgehead atoms. The first kappa shape index (κ1) is 14.8. The highest BCUT2D eigenvalue weighted by Gasteiger charge is 2.33. The molecule has 1 aliphatic rings. The lowest BCUT2D eigenvalue weighted by molar-refractivity contribution is 0.0693. The summed E-state index contributed by atoms with van der Waals surface area (Å²) in [4.78, 5) is 37.1. The normalized spacial score (nSPS) is 13.2. The molecule has 0 aromatic heterocycles. The summed E-state index contributed by atoms with van der Waals surface area (Å²) in [6.07, 6.45) is 0. The van der Waals surface area contributed by atoms with E-state index in [0.717, 1.165) is 10.5 Å². The maximum absolute atomic E-state index is 12.3. The standard InChI is InChI=1S/C17H14N2O4/c1-9-3-6-13(14(20)7-9)18-15(21)10-4-5-11-12(8-10)17(23)19(2)16(11)22/h3-8,20H,1-2H3,(H,18,21). The van der Waals surface area contributed by atoms with Crippen LogP contribution in [0.3, 0.4) is 0 Å². The Balaban J connectivity index is 1.90. The van der Waals surface area contributed by atoms with Crippen molar-refractivity contribution in [2.75, 3.05) is 12.4 Å². The van der Waals surface area contributed by atoms with Crippen LogP contribution in [0.15, 0.2) is 36.4 Å². The third-order valence-electron chi connectivity index (χ3n) is 3.75. The largest absolute Gasteiger partial charge is 0.506 e. The van der Waals surface area contributed by atoms with E-state index in [0.29, 0.717) is 0 Å². The third-order valence-corrected chi connectivity index (χ3v) is 3.75. The minimum atomic E-state index is -0.471. The molecular weight excluding hydrogens is 296 g/mol. The second-order valence-corrected chi connectivity index (χ2v) is 5.40. The van der Waals surface area contributed by atoms with Crippen LogP contribution in [0.5, 0.6) is 5.75 Å². The molecule has 0 atom stereocenters. The van der Waals surface area contributed by atoms with Gasteiger partial charge in [-0.1, -0.05) is 6.07 Å². The van der Waals surface area contributed by atoms with Crippen molar-refractivity contribution in [2.24, 2.45) is 0 Å². The summed E-state index contributed by atoms with van der Waals surface area (Å²) in [6, 6.07) is 9.22. The first-order chi connectivity index (χ1) is 10.9. The number of anilines is 1. The van der Waals surface area contributed by atoms with Gasteiger partial charge in [-0.25, -0.2) is 0 Å². The maximum atomic E-state index is 12.3. The van der Waals surface area contributed by atoms with Crippen molar-refractivity contribution >= 4 is 23.4 Å². The average molecular weight is 310 g/mol. The summed E-state index contributed by atoms with van der Waals surface area (Å²) in [5, 5.41) is 12.4. The van der Waals surface area contributed by atoms with E-state index in [4.69, 9.17) is 0 Å². The molecule has 2 aromatic carbocycles. The van der Waals surface area contributed by atoms with Crippen LogP contribution in [0.2, 0.25) is 0 Å². The molecule has 3 rings (SSSR count). The van der Waals surface area contributed by atoms with E-state index in [1.165, 1.54) is 31.3 Å². The van der Waals surface area contributed by atoms with Crippen LogP contribution >= 0.6 is 0 Å². The van der Waals surface area contributed by atoms with E-state index < -0.39 is 11.8 Å². The number of phenols is 1. The predicted molar refractivity (Wildman–Crippen MR) is 83.7 cm³/mol. The summed E-state index contributed by atoms with van der Waals surface area (Å²) in [5.74, 6) is -1.32. The Bertz CT molecular complexity index is 858. The number of aromatic hydroxyl groups is 1. The number of nitrogens with zero attached hydrogens (tertiary/aromatic N) is 1. The van der Waals surface area contributed by atoms with Gasteiger partial charge in [0.1, 0.15) is 5.75 Å². The lowest BCUT2D eigenvalue weighted by atomic mass is 10.1. The van der Waals surface area contributed by atoms with Crippen molar-refractivity contribution in [3.8, 4) is 5.75 Å². The van der Waals surface area contributed by atoms with E-state index in [1.807, 2.05) is 6.92 Å². The summed E-state index contributed by atoms with van der Waals surface area (Å²) in [5.41, 5.74) is 1.87. The molecule has 0 unspecified atom stereocenters. The first-order valence-electron chi connectivity index (χ1n) is 6.96. The molecule has 23 heavy (non-hydrogen) atoms. The van der Waals surface area contributed by atoms with Crippen molar-refractivity contribution in [3.05, 3.63) is 58.7 Å². The highest BCUT2D eigenvalue weighted by molar-refractivity contribution is 6.22. The Morgan fingerprint density at radius 1 is 1.04 bits per heavy atom. The molecule has 0 spiro atoms. The number of benzene rings is 2. The minimum Gasteiger partial charge on any atom is -0.506 e. The smallest absolute Gasteiger partial charge is 0.261 e. The molecule has 0 radical (unpaired) electrons. The average Bonchev–Trinajstić information content (AvgIpc) is 2.74. The zero-order valence-electron chi connectivity index (χ0n) is 12.6. The quantitative estimate of drug-likeness (QED) is 0.657. The predicted octanol–water partition coefficient (Wildman–Crippen LogP) is 2.18. The maximum Gasteiger partial charge on any atom is 0.261 e. The Kier molecular flexibility index (Phi) is 3.37. The van der Waals surface area contributed by atoms with Crippen molar-refractivity contribution < 1.29 is 19.5 Å². The van der Waals surface area contributed by atoms with Gasteiger partial charge in [-0.05, 0) is 42.8 Å². The summed E-state index contributed by atoms with van der Waals surface area (Å²) in [6.45, 7) is 1.82. The van der Waals surface area contributed by atoms with Crippen molar-refractivity contribution in [1.82, 2.24) is 4.90 Å². The first-order valence-corrected chi connectivity index (χ1v) is 6.96. The van der Waals surface area contributed by atoms with Gasteiger partial charge in [0.05, 0.1) is 16.8 Å². The molecule has 0 aliphatic carbocycles. The van der Waals surface area contributed by atoms with Gasteiger partial charge in [0.25, 0.3) is 17.7 Å². The number of hydrogen-bond acceptors (Lipinski definition) is 4. The second kappa shape index (κ2) is 5.24. The molecule has 0 saturated heterocycles. The van der Waals surface area contributed by atoms with Gasteiger partial charge in [0.2, 0.25) is 0 Å². The van der Waals surface area contributed by atoms with Crippen LogP contribution < -0.4 is 5.32 Å². The molecule has 3 amide bonds. The van der Waals surface area contributed by atoms with Gasteiger partial charge in [-0.15, -0.1) is 0 Å². The molecule has 116 valence electrons. The fraction of sp³-hybridized carbons (Fsp3) is 0.118. The molecule has 1 aliphatic heterocycles. The van der Waals surface area contributed by atoms with E-state index >= 15 is 0 Å². The van der Waals surface area contributed by atoms with Crippen LogP contribution in [0.1, 0.15) is 36.6 Å². The molecule has 2 N–H and O–H groups in total. The van der Waals surface area contributed by atoms with Crippen LogP contribution in [-0.2, 0) is 0 Å². The van der Waals surface area contributed by atoms with E-state index in [1.54, 1.807) is 12.1 Å². The van der Waals surface area contributed by atoms with Crippen LogP contribution in [0, 0.1) is 6.92 Å². The molecule has 2 aromatic rings. The number of imide groups is 1. The van der Waals surface area contributed by atoms with Crippen LogP contribution in [-0.4, -0.2) is 34.8 Å². The van der Waals surface area contributed by atoms with Gasteiger partial charge < -0.3 is 10.4 Å². The lowest BCUT2D eigenvalue weighted by Gasteiger charge is -2.08. The Hall–Kier alpha value is -3.15. The number of aryl methyl sites for hydroxylation is 1. The summed E-state index contributed by atoms with van der Waals surface area (Å²) < 4.78 is 0. The van der Waals surface area contributed by atoms with Gasteiger partial charge in [0.15, 0.2) is 0 Å². The monoisotopic (exact) mass is 310 g/mol. The Morgan fingerprint density at radius 2 is 1.74 bits per heavy atom. The van der Waals surface area contributed by atoms with Crippen molar-refractivity contribution in [2.45, 2.75) is 6.92 Å². The number of carbonyl (C=O) groups excluding carboxylic acids is 3. The van der Waals surface area contributed by atoms with Gasteiger partial charge >= 0.3 is 0 Å². The number of hydrogen-bond donors (Lipinski definition) is 2. The number of fused-ring (bicyclic) bond motifs is 1. The summed E-state index contributed by atoms with van der Waals surface area (Å²) >= 11 is 0. The number of rotatable bonds is 2. The fourth-order valence-electron chi connectivity index (χ4n) is 2.44. The highest BCUT2D eigenvalue weighted by Crippen LogP contribution is 2.26. The number of nitrogens with one attached hydrogen (secondary N) is 1. The zero-order valence-corrected chi connectivity index (χ0v) is 12.6. The summed E-state index contributed by atoms with van der Waals surface area (Å²) in [7, 11) is 1.40. The molecule has 0 saturated carbocycles. The van der Waals surface area contributed by atoms with Gasteiger partial charge in [-0.3, -0.25) is 19.3 Å². The molecule has 6 nitrogen and oxygen atoms in total. The Morgan fingerprint density at radius 3 is 2.43 bits per heavy atom. The highest BCUT2D eigenvalue weighted by atomic mass is 16.3. The minimum absolute atomic E-state index is 0.0366.